The third kappa shape index (κ3) is 1.19. The van der Waals surface area contributed by atoms with Crippen LogP contribution < -0.4 is 5.32 Å². The van der Waals surface area contributed by atoms with Crippen LogP contribution in [0.25, 0.3) is 0 Å². The zero-order chi connectivity index (χ0) is 10.2. The summed E-state index contributed by atoms with van der Waals surface area (Å²) in [5.41, 5.74) is -0.530. The summed E-state index contributed by atoms with van der Waals surface area (Å²) in [4.78, 5) is 11.8. The fourth-order valence-electron chi connectivity index (χ4n) is 2.67. The van der Waals surface area contributed by atoms with Crippen LogP contribution in [0.4, 0.5) is 0 Å². The summed E-state index contributed by atoms with van der Waals surface area (Å²) >= 11 is 0. The molecule has 3 rings (SSSR count). The quantitative estimate of drug-likeness (QED) is 0.530. The molecule has 2 bridgehead atoms. The van der Waals surface area contributed by atoms with Gasteiger partial charge in [0.05, 0.1) is 7.11 Å². The second kappa shape index (κ2) is 3.39. The molecule has 3 heteroatoms. The molecule has 2 heterocycles. The minimum Gasteiger partial charge on any atom is -0.467 e. The minimum absolute atomic E-state index is 0.140. The summed E-state index contributed by atoms with van der Waals surface area (Å²) in [5.74, 6) is 0.851. The molecular formula is C11H17NO2. The standard InChI is InChI=1S/C11H17NO2/c1-3-9-6-8-4-5-11(9,12-7-8)10(13)14-2/h4-5,8-9,12H,3,6-7H2,1-2H3. The van der Waals surface area contributed by atoms with Gasteiger partial charge >= 0.3 is 5.97 Å². The van der Waals surface area contributed by atoms with Crippen molar-refractivity contribution < 1.29 is 9.53 Å². The van der Waals surface area contributed by atoms with Crippen LogP contribution in [0.5, 0.6) is 0 Å². The Morgan fingerprint density at radius 1 is 1.71 bits per heavy atom. The molecule has 0 amide bonds. The molecule has 0 aromatic heterocycles. The summed E-state index contributed by atoms with van der Waals surface area (Å²) in [5, 5.41) is 3.32. The molecule has 1 N–H and O–H groups in total. The van der Waals surface area contributed by atoms with Gasteiger partial charge in [-0.2, -0.15) is 0 Å². The zero-order valence-electron chi connectivity index (χ0n) is 8.75. The second-order valence-corrected chi connectivity index (χ2v) is 4.20. The van der Waals surface area contributed by atoms with Crippen molar-refractivity contribution in [3.05, 3.63) is 12.2 Å². The highest BCUT2D eigenvalue weighted by Gasteiger charge is 2.49. The van der Waals surface area contributed by atoms with E-state index in [9.17, 15) is 4.79 Å². The molecular weight excluding hydrogens is 178 g/mol. The summed E-state index contributed by atoms with van der Waals surface area (Å²) in [6.45, 7) is 3.04. The van der Waals surface area contributed by atoms with Crippen LogP contribution in [0.3, 0.4) is 0 Å². The van der Waals surface area contributed by atoms with Crippen LogP contribution in [0.2, 0.25) is 0 Å². The lowest BCUT2D eigenvalue weighted by molar-refractivity contribution is -0.150. The third-order valence-corrected chi connectivity index (χ3v) is 3.54. The highest BCUT2D eigenvalue weighted by Crippen LogP contribution is 2.38. The second-order valence-electron chi connectivity index (χ2n) is 4.20. The largest absolute Gasteiger partial charge is 0.467 e. The monoisotopic (exact) mass is 195 g/mol. The van der Waals surface area contributed by atoms with Crippen molar-refractivity contribution in [3.63, 3.8) is 0 Å². The van der Waals surface area contributed by atoms with Gasteiger partial charge in [0, 0.05) is 6.54 Å². The van der Waals surface area contributed by atoms with Gasteiger partial charge in [-0.1, -0.05) is 25.5 Å². The Kier molecular flexibility index (Phi) is 2.35. The average molecular weight is 195 g/mol. The third-order valence-electron chi connectivity index (χ3n) is 3.54. The van der Waals surface area contributed by atoms with Gasteiger partial charge in [-0.05, 0) is 18.3 Å². The van der Waals surface area contributed by atoms with Crippen molar-refractivity contribution in [1.82, 2.24) is 5.32 Å². The number of hydrogen-bond acceptors (Lipinski definition) is 3. The summed E-state index contributed by atoms with van der Waals surface area (Å²) in [6.07, 6.45) is 6.28. The number of esters is 1. The normalized spacial score (nSPS) is 39.9. The van der Waals surface area contributed by atoms with Crippen molar-refractivity contribution in [2.75, 3.05) is 13.7 Å². The number of hydrogen-bond donors (Lipinski definition) is 1. The predicted octanol–water partition coefficient (Wildman–Crippen LogP) is 1.10. The molecule has 3 aliphatic rings. The molecule has 1 fully saturated rings. The van der Waals surface area contributed by atoms with Crippen LogP contribution in [0.1, 0.15) is 19.8 Å². The van der Waals surface area contributed by atoms with Crippen LogP contribution in [-0.2, 0) is 9.53 Å². The number of piperidine rings is 1. The van der Waals surface area contributed by atoms with Crippen LogP contribution in [0.15, 0.2) is 12.2 Å². The van der Waals surface area contributed by atoms with E-state index in [1.807, 2.05) is 6.08 Å². The van der Waals surface area contributed by atoms with E-state index in [0.717, 1.165) is 19.4 Å². The Bertz CT molecular complexity index is 274. The Balaban J connectivity index is 2.32. The smallest absolute Gasteiger partial charge is 0.330 e. The summed E-state index contributed by atoms with van der Waals surface area (Å²) < 4.78 is 4.89. The molecule has 1 saturated heterocycles. The Morgan fingerprint density at radius 2 is 2.50 bits per heavy atom. The number of fused-ring (bicyclic) bond motifs is 2. The first kappa shape index (κ1) is 9.71. The lowest BCUT2D eigenvalue weighted by Gasteiger charge is -2.46. The highest BCUT2D eigenvalue weighted by atomic mass is 16.5. The van der Waals surface area contributed by atoms with Crippen LogP contribution in [-0.4, -0.2) is 25.2 Å². The number of carbonyl (C=O) groups is 1. The fraction of sp³-hybridized carbons (Fsp3) is 0.727. The van der Waals surface area contributed by atoms with E-state index in [1.165, 1.54) is 7.11 Å². The van der Waals surface area contributed by atoms with Gasteiger partial charge in [0.2, 0.25) is 0 Å². The van der Waals surface area contributed by atoms with Gasteiger partial charge in [-0.25, -0.2) is 4.79 Å². The van der Waals surface area contributed by atoms with E-state index in [0.29, 0.717) is 11.8 Å². The topological polar surface area (TPSA) is 38.3 Å². The highest BCUT2D eigenvalue weighted by molar-refractivity contribution is 5.84. The van der Waals surface area contributed by atoms with Crippen LogP contribution >= 0.6 is 0 Å². The van der Waals surface area contributed by atoms with Gasteiger partial charge in [0.1, 0.15) is 5.54 Å². The van der Waals surface area contributed by atoms with E-state index in [-0.39, 0.29) is 5.97 Å². The Hall–Kier alpha value is -0.830. The summed E-state index contributed by atoms with van der Waals surface area (Å²) in [7, 11) is 1.46. The molecule has 1 aliphatic carbocycles. The number of ether oxygens (including phenoxy) is 1. The Labute approximate surface area is 84.5 Å². The summed E-state index contributed by atoms with van der Waals surface area (Å²) in [6, 6.07) is 0. The molecule has 0 radical (unpaired) electrons. The molecule has 0 aromatic carbocycles. The molecule has 0 spiro atoms. The van der Waals surface area contributed by atoms with Gasteiger partial charge in [-0.15, -0.1) is 0 Å². The maximum absolute atomic E-state index is 11.8. The van der Waals surface area contributed by atoms with Crippen LogP contribution in [0, 0.1) is 11.8 Å². The molecule has 14 heavy (non-hydrogen) atoms. The predicted molar refractivity (Wildman–Crippen MR) is 53.8 cm³/mol. The SMILES string of the molecule is CCC1CC2C=CC1(C(=O)OC)NC2. The Morgan fingerprint density at radius 3 is 3.00 bits per heavy atom. The van der Waals surface area contributed by atoms with Crippen molar-refractivity contribution in [1.29, 1.82) is 0 Å². The molecule has 3 atom stereocenters. The fourth-order valence-corrected chi connectivity index (χ4v) is 2.67. The maximum atomic E-state index is 11.8. The van der Waals surface area contributed by atoms with Gasteiger partial charge in [0.25, 0.3) is 0 Å². The lowest BCUT2D eigenvalue weighted by Crippen LogP contribution is -2.63. The number of carbonyl (C=O) groups excluding carboxylic acids is 1. The van der Waals surface area contributed by atoms with Gasteiger partial charge in [0.15, 0.2) is 0 Å². The minimum atomic E-state index is -0.530. The number of methoxy groups -OCH3 is 1. The number of rotatable bonds is 2. The van der Waals surface area contributed by atoms with E-state index in [4.69, 9.17) is 4.74 Å². The van der Waals surface area contributed by atoms with Gasteiger partial charge < -0.3 is 4.74 Å². The van der Waals surface area contributed by atoms with E-state index >= 15 is 0 Å². The van der Waals surface area contributed by atoms with Crippen molar-refractivity contribution >= 4 is 5.97 Å². The molecule has 3 unspecified atom stereocenters. The average Bonchev–Trinajstić information content (AvgIpc) is 2.29. The first-order valence-corrected chi connectivity index (χ1v) is 5.25. The van der Waals surface area contributed by atoms with Gasteiger partial charge in [-0.3, -0.25) is 5.32 Å². The molecule has 3 nitrogen and oxygen atoms in total. The van der Waals surface area contributed by atoms with E-state index in [1.54, 1.807) is 0 Å². The molecule has 78 valence electrons. The van der Waals surface area contributed by atoms with Crippen molar-refractivity contribution in [2.45, 2.75) is 25.3 Å². The van der Waals surface area contributed by atoms with E-state index in [2.05, 4.69) is 18.3 Å². The maximum Gasteiger partial charge on any atom is 0.330 e. The first-order chi connectivity index (χ1) is 6.73. The first-order valence-electron chi connectivity index (χ1n) is 5.25. The molecule has 0 aromatic rings. The number of nitrogens with one attached hydrogen (secondary N) is 1. The molecule has 0 saturated carbocycles. The zero-order valence-corrected chi connectivity index (χ0v) is 8.75. The van der Waals surface area contributed by atoms with Crippen molar-refractivity contribution in [3.8, 4) is 0 Å². The van der Waals surface area contributed by atoms with Crippen molar-refractivity contribution in [2.24, 2.45) is 11.8 Å². The lowest BCUT2D eigenvalue weighted by atomic mass is 9.68. The molecule has 2 aliphatic heterocycles. The van der Waals surface area contributed by atoms with E-state index < -0.39 is 5.54 Å².